The van der Waals surface area contributed by atoms with Crippen LogP contribution in [0.1, 0.15) is 40.9 Å². The topological polar surface area (TPSA) is 115 Å². The monoisotopic (exact) mass is 483 g/mol. The maximum Gasteiger partial charge on any atom is 0.320 e. The predicted molar refractivity (Wildman–Crippen MR) is 137 cm³/mol. The largest absolute Gasteiger partial charge is 0.481 e. The van der Waals surface area contributed by atoms with E-state index in [0.717, 1.165) is 23.4 Å². The van der Waals surface area contributed by atoms with Gasteiger partial charge in [0.2, 0.25) is 5.88 Å². The highest BCUT2D eigenvalue weighted by atomic mass is 16.5. The summed E-state index contributed by atoms with van der Waals surface area (Å²) in [5.74, 6) is 0.790. The number of aromatic nitrogens is 4. The Morgan fingerprint density at radius 3 is 2.39 bits per heavy atom. The number of nitriles is 1. The molecule has 0 bridgehead atoms. The number of nitrogen functional groups attached to an aromatic ring is 1. The van der Waals surface area contributed by atoms with Crippen LogP contribution < -0.4 is 15.2 Å². The number of likely N-dealkylation sites (tertiary alicyclic amines) is 1. The summed E-state index contributed by atoms with van der Waals surface area (Å²) in [6.07, 6.45) is 2.56. The Bertz CT molecular complexity index is 1420. The highest BCUT2D eigenvalue weighted by Gasteiger charge is 2.17. The van der Waals surface area contributed by atoms with E-state index in [1.54, 1.807) is 19.2 Å². The lowest BCUT2D eigenvalue weighted by Crippen LogP contribution is -2.18. The quantitative estimate of drug-likeness (QED) is 0.402. The zero-order chi connectivity index (χ0) is 25.1. The summed E-state index contributed by atoms with van der Waals surface area (Å²) in [7, 11) is 1.58. The van der Waals surface area contributed by atoms with Gasteiger partial charge in [0.05, 0.1) is 19.0 Å². The van der Waals surface area contributed by atoms with E-state index in [0.29, 0.717) is 29.2 Å². The van der Waals surface area contributed by atoms with Crippen molar-refractivity contribution < 1.29 is 9.47 Å². The SMILES string of the molecule is COc1cc(COc2nc(N)c3cc(C#N)n(Cc4ccc(CN5CCCC5)cc4)c3n2)cc(C)n1. The predicted octanol–water partition coefficient (Wildman–Crippen LogP) is 3.82. The third kappa shape index (κ3) is 5.09. The lowest BCUT2D eigenvalue weighted by Gasteiger charge is -2.15. The molecular weight excluding hydrogens is 454 g/mol. The molecule has 3 aromatic heterocycles. The van der Waals surface area contributed by atoms with Crippen molar-refractivity contribution in [3.8, 4) is 18.0 Å². The summed E-state index contributed by atoms with van der Waals surface area (Å²) in [6, 6.07) is 16.4. The maximum atomic E-state index is 9.77. The van der Waals surface area contributed by atoms with E-state index in [1.165, 1.54) is 31.5 Å². The van der Waals surface area contributed by atoms with Crippen LogP contribution >= 0.6 is 0 Å². The first kappa shape index (κ1) is 23.6. The summed E-state index contributed by atoms with van der Waals surface area (Å²) >= 11 is 0. The van der Waals surface area contributed by atoms with Gasteiger partial charge >= 0.3 is 6.01 Å². The van der Waals surface area contributed by atoms with Gasteiger partial charge in [-0.15, -0.1) is 0 Å². The number of aryl methyl sites for hydroxylation is 1. The molecule has 0 spiro atoms. The van der Waals surface area contributed by atoms with Crippen molar-refractivity contribution in [1.29, 1.82) is 5.26 Å². The van der Waals surface area contributed by atoms with Gasteiger partial charge in [0, 0.05) is 18.3 Å². The van der Waals surface area contributed by atoms with Gasteiger partial charge in [-0.05, 0) is 61.7 Å². The van der Waals surface area contributed by atoms with Crippen LogP contribution in [0, 0.1) is 18.3 Å². The van der Waals surface area contributed by atoms with Crippen LogP contribution in [0.3, 0.4) is 0 Å². The summed E-state index contributed by atoms with van der Waals surface area (Å²) in [5, 5.41) is 10.4. The van der Waals surface area contributed by atoms with E-state index in [2.05, 4.69) is 50.2 Å². The zero-order valence-electron chi connectivity index (χ0n) is 20.6. The first-order valence-electron chi connectivity index (χ1n) is 12.0. The second kappa shape index (κ2) is 10.2. The van der Waals surface area contributed by atoms with Crippen LogP contribution in [0.4, 0.5) is 5.82 Å². The number of benzene rings is 1. The van der Waals surface area contributed by atoms with Crippen LogP contribution in [-0.4, -0.2) is 44.6 Å². The molecule has 1 fully saturated rings. The summed E-state index contributed by atoms with van der Waals surface area (Å²) in [6.45, 7) is 5.93. The molecule has 36 heavy (non-hydrogen) atoms. The molecule has 9 heteroatoms. The highest BCUT2D eigenvalue weighted by molar-refractivity contribution is 5.88. The van der Waals surface area contributed by atoms with Gasteiger partial charge in [-0.3, -0.25) is 4.90 Å². The van der Waals surface area contributed by atoms with Gasteiger partial charge in [0.1, 0.15) is 24.2 Å². The van der Waals surface area contributed by atoms with E-state index in [4.69, 9.17) is 15.2 Å². The highest BCUT2D eigenvalue weighted by Crippen LogP contribution is 2.26. The van der Waals surface area contributed by atoms with Crippen LogP contribution in [0.2, 0.25) is 0 Å². The fraction of sp³-hybridized carbons (Fsp3) is 0.333. The number of anilines is 1. The number of ether oxygens (including phenoxy) is 2. The van der Waals surface area contributed by atoms with E-state index in [-0.39, 0.29) is 18.4 Å². The first-order valence-corrected chi connectivity index (χ1v) is 12.0. The van der Waals surface area contributed by atoms with Gasteiger partial charge in [-0.1, -0.05) is 24.3 Å². The molecule has 184 valence electrons. The Kier molecular flexibility index (Phi) is 6.69. The van der Waals surface area contributed by atoms with Crippen molar-refractivity contribution in [2.24, 2.45) is 0 Å². The second-order valence-corrected chi connectivity index (χ2v) is 9.10. The van der Waals surface area contributed by atoms with E-state index < -0.39 is 0 Å². The number of methoxy groups -OCH3 is 1. The van der Waals surface area contributed by atoms with Gasteiger partial charge in [-0.2, -0.15) is 15.2 Å². The molecule has 0 aliphatic carbocycles. The average Bonchev–Trinajstić information content (AvgIpc) is 3.52. The first-order chi connectivity index (χ1) is 17.5. The zero-order valence-corrected chi connectivity index (χ0v) is 20.6. The van der Waals surface area contributed by atoms with Gasteiger partial charge in [0.25, 0.3) is 0 Å². The average molecular weight is 484 g/mol. The molecule has 0 unspecified atom stereocenters. The summed E-state index contributed by atoms with van der Waals surface area (Å²) in [5.41, 5.74) is 11.3. The smallest absolute Gasteiger partial charge is 0.320 e. The molecule has 4 heterocycles. The van der Waals surface area contributed by atoms with E-state index in [1.807, 2.05) is 17.6 Å². The maximum absolute atomic E-state index is 9.77. The molecule has 0 saturated carbocycles. The molecule has 0 radical (unpaired) electrons. The standard InChI is InChI=1S/C27H29N7O2/c1-18-11-21(12-24(30-18)35-2)17-36-27-31-25(29)23-13-22(14-28)34(26(23)32-27)16-20-7-5-19(6-8-20)15-33-9-3-4-10-33/h5-8,11-13H,3-4,9-10,15-17H2,1-2H3,(H2,29,31,32). The van der Waals surface area contributed by atoms with Crippen LogP contribution in [0.5, 0.6) is 11.9 Å². The minimum Gasteiger partial charge on any atom is -0.481 e. The van der Waals surface area contributed by atoms with Crippen molar-refractivity contribution >= 4 is 16.9 Å². The van der Waals surface area contributed by atoms with Gasteiger partial charge in [0.15, 0.2) is 5.65 Å². The van der Waals surface area contributed by atoms with Crippen molar-refractivity contribution in [2.75, 3.05) is 25.9 Å². The van der Waals surface area contributed by atoms with E-state index >= 15 is 0 Å². The third-order valence-electron chi connectivity index (χ3n) is 6.41. The van der Waals surface area contributed by atoms with Crippen molar-refractivity contribution in [2.45, 2.75) is 39.5 Å². The molecular formula is C27H29N7O2. The molecule has 1 aliphatic heterocycles. The molecule has 1 saturated heterocycles. The molecule has 1 aliphatic rings. The number of rotatable bonds is 8. The van der Waals surface area contributed by atoms with Crippen molar-refractivity contribution in [1.82, 2.24) is 24.4 Å². The van der Waals surface area contributed by atoms with Gasteiger partial charge in [-0.25, -0.2) is 4.98 Å². The van der Waals surface area contributed by atoms with Crippen molar-refractivity contribution in [3.05, 3.63) is 70.5 Å². The lowest BCUT2D eigenvalue weighted by molar-refractivity contribution is 0.281. The van der Waals surface area contributed by atoms with E-state index in [9.17, 15) is 5.26 Å². The lowest BCUT2D eigenvalue weighted by atomic mass is 10.1. The Balaban J connectivity index is 1.38. The Labute approximate surface area is 210 Å². The van der Waals surface area contributed by atoms with Crippen molar-refractivity contribution in [3.63, 3.8) is 0 Å². The minimum atomic E-state index is 0.151. The normalized spacial score (nSPS) is 13.7. The fourth-order valence-corrected chi connectivity index (χ4v) is 4.62. The van der Waals surface area contributed by atoms with Gasteiger partial charge < -0.3 is 19.8 Å². The number of nitrogens with two attached hydrogens (primary N) is 1. The Morgan fingerprint density at radius 2 is 1.69 bits per heavy atom. The Hall–Kier alpha value is -4.16. The number of nitrogens with zero attached hydrogens (tertiary/aromatic N) is 6. The minimum absolute atomic E-state index is 0.151. The second-order valence-electron chi connectivity index (χ2n) is 9.10. The molecule has 4 aromatic rings. The number of fused-ring (bicyclic) bond motifs is 1. The summed E-state index contributed by atoms with van der Waals surface area (Å²) < 4.78 is 13.0. The number of hydrogen-bond acceptors (Lipinski definition) is 8. The molecule has 1 aromatic carbocycles. The molecule has 9 nitrogen and oxygen atoms in total. The number of hydrogen-bond donors (Lipinski definition) is 1. The fourth-order valence-electron chi connectivity index (χ4n) is 4.62. The molecule has 2 N–H and O–H groups in total. The van der Waals surface area contributed by atoms with Crippen LogP contribution in [0.25, 0.3) is 11.0 Å². The van der Waals surface area contributed by atoms with Crippen LogP contribution in [0.15, 0.2) is 42.5 Å². The Morgan fingerprint density at radius 1 is 0.972 bits per heavy atom. The molecule has 0 atom stereocenters. The third-order valence-corrected chi connectivity index (χ3v) is 6.41. The van der Waals surface area contributed by atoms with Crippen LogP contribution in [-0.2, 0) is 19.7 Å². The summed E-state index contributed by atoms with van der Waals surface area (Å²) in [4.78, 5) is 15.7. The molecule has 0 amide bonds. The molecule has 5 rings (SSSR count). The number of pyridine rings is 1.